The van der Waals surface area contributed by atoms with Crippen molar-refractivity contribution in [1.82, 2.24) is 31.3 Å². The van der Waals surface area contributed by atoms with Gasteiger partial charge in [-0.3, -0.25) is 9.59 Å². The second kappa shape index (κ2) is 6.70. The third-order valence-electron chi connectivity index (χ3n) is 5.16. The number of hydrogen-bond acceptors (Lipinski definition) is 5. The van der Waals surface area contributed by atoms with E-state index in [-0.39, 0.29) is 23.3 Å². The first kappa shape index (κ1) is 18.1. The Morgan fingerprint density at radius 1 is 1.14 bits per heavy atom. The monoisotopic (exact) mass is 378 g/mol. The SMILES string of the molecule is CC(C)(C)[C@@H]1C[C@H](NC(=O)c2ccc3cc(-c4nn[nH]n4)ccc3c2)C(=O)N1. The molecule has 3 N–H and O–H groups in total. The van der Waals surface area contributed by atoms with Gasteiger partial charge in [0.2, 0.25) is 11.7 Å². The van der Waals surface area contributed by atoms with Gasteiger partial charge in [-0.1, -0.05) is 39.0 Å². The molecule has 8 heteroatoms. The fourth-order valence-corrected chi connectivity index (χ4v) is 3.42. The van der Waals surface area contributed by atoms with Crippen LogP contribution >= 0.6 is 0 Å². The Labute approximate surface area is 162 Å². The van der Waals surface area contributed by atoms with Gasteiger partial charge in [-0.15, -0.1) is 10.2 Å². The number of benzene rings is 2. The Hall–Kier alpha value is -3.29. The highest BCUT2D eigenvalue weighted by atomic mass is 16.2. The molecule has 2 heterocycles. The van der Waals surface area contributed by atoms with Gasteiger partial charge in [0.15, 0.2) is 0 Å². The first-order chi connectivity index (χ1) is 13.3. The molecule has 3 aromatic rings. The van der Waals surface area contributed by atoms with E-state index in [9.17, 15) is 9.59 Å². The summed E-state index contributed by atoms with van der Waals surface area (Å²) in [6.07, 6.45) is 0.593. The number of aromatic amines is 1. The maximum Gasteiger partial charge on any atom is 0.251 e. The zero-order chi connectivity index (χ0) is 19.9. The van der Waals surface area contributed by atoms with Gasteiger partial charge in [0, 0.05) is 17.2 Å². The number of hydrogen-bond donors (Lipinski definition) is 3. The van der Waals surface area contributed by atoms with Crippen LogP contribution in [0.4, 0.5) is 0 Å². The minimum atomic E-state index is -0.506. The van der Waals surface area contributed by atoms with Gasteiger partial charge in [0.05, 0.1) is 0 Å². The molecule has 0 aliphatic carbocycles. The number of aromatic nitrogens is 4. The molecule has 0 spiro atoms. The quantitative estimate of drug-likeness (QED) is 0.646. The van der Waals surface area contributed by atoms with Gasteiger partial charge in [0.1, 0.15) is 6.04 Å². The number of tetrazole rings is 1. The largest absolute Gasteiger partial charge is 0.351 e. The van der Waals surface area contributed by atoms with Crippen LogP contribution in [0.15, 0.2) is 36.4 Å². The van der Waals surface area contributed by atoms with E-state index in [1.54, 1.807) is 6.07 Å². The molecule has 0 bridgehead atoms. The Kier molecular flexibility index (Phi) is 4.33. The third-order valence-corrected chi connectivity index (χ3v) is 5.16. The number of nitrogens with one attached hydrogen (secondary N) is 3. The summed E-state index contributed by atoms with van der Waals surface area (Å²) >= 11 is 0. The summed E-state index contributed by atoms with van der Waals surface area (Å²) in [6, 6.07) is 10.7. The molecule has 2 aromatic carbocycles. The lowest BCUT2D eigenvalue weighted by atomic mass is 9.85. The summed E-state index contributed by atoms with van der Waals surface area (Å²) in [6.45, 7) is 6.23. The number of amides is 2. The lowest BCUT2D eigenvalue weighted by Gasteiger charge is -2.26. The van der Waals surface area contributed by atoms with Crippen molar-refractivity contribution in [3.05, 3.63) is 42.0 Å². The molecule has 144 valence electrons. The molecule has 0 saturated carbocycles. The molecule has 28 heavy (non-hydrogen) atoms. The van der Waals surface area contributed by atoms with Crippen molar-refractivity contribution in [3.8, 4) is 11.4 Å². The first-order valence-corrected chi connectivity index (χ1v) is 9.20. The standard InChI is InChI=1S/C20H22N6O2/c1-20(2,3)16-10-15(19(28)22-16)21-18(27)14-7-5-11-8-13(6-4-12(11)9-14)17-23-25-26-24-17/h4-9,15-16H,10H2,1-3H3,(H,21,27)(H,22,28)(H,23,24,25,26)/t15-,16-/m0/s1. The maximum atomic E-state index is 12.7. The average molecular weight is 378 g/mol. The predicted molar refractivity (Wildman–Crippen MR) is 104 cm³/mol. The Balaban J connectivity index is 1.52. The summed E-state index contributed by atoms with van der Waals surface area (Å²) in [4.78, 5) is 24.9. The van der Waals surface area contributed by atoms with Gasteiger partial charge in [-0.05, 0) is 46.0 Å². The zero-order valence-electron chi connectivity index (χ0n) is 16.0. The van der Waals surface area contributed by atoms with Gasteiger partial charge in [-0.2, -0.15) is 5.21 Å². The lowest BCUT2D eigenvalue weighted by molar-refractivity contribution is -0.121. The van der Waals surface area contributed by atoms with Crippen molar-refractivity contribution in [2.45, 2.75) is 39.3 Å². The molecule has 1 aliphatic heterocycles. The van der Waals surface area contributed by atoms with Crippen LogP contribution in [0.1, 0.15) is 37.6 Å². The van der Waals surface area contributed by atoms with Crippen LogP contribution in [0.3, 0.4) is 0 Å². The summed E-state index contributed by atoms with van der Waals surface area (Å²) in [7, 11) is 0. The molecular formula is C20H22N6O2. The Morgan fingerprint density at radius 2 is 1.89 bits per heavy atom. The zero-order valence-corrected chi connectivity index (χ0v) is 16.0. The third kappa shape index (κ3) is 3.45. The molecule has 4 rings (SSSR count). The van der Waals surface area contributed by atoms with Crippen LogP contribution in [0, 0.1) is 5.41 Å². The highest BCUT2D eigenvalue weighted by Crippen LogP contribution is 2.27. The van der Waals surface area contributed by atoms with Crippen LogP contribution in [0.25, 0.3) is 22.2 Å². The van der Waals surface area contributed by atoms with Crippen LogP contribution < -0.4 is 10.6 Å². The summed E-state index contributed by atoms with van der Waals surface area (Å²) < 4.78 is 0. The van der Waals surface area contributed by atoms with Crippen molar-refractivity contribution >= 4 is 22.6 Å². The number of H-pyrrole nitrogens is 1. The summed E-state index contributed by atoms with van der Waals surface area (Å²) in [5.74, 6) is 0.141. The maximum absolute atomic E-state index is 12.7. The Bertz CT molecular complexity index is 1040. The molecule has 0 unspecified atom stereocenters. The predicted octanol–water partition coefficient (Wildman–Crippen LogP) is 2.05. The highest BCUT2D eigenvalue weighted by molar-refractivity contribution is 6.01. The molecule has 2 atom stereocenters. The van der Waals surface area contributed by atoms with Crippen LogP contribution in [-0.2, 0) is 4.79 Å². The molecule has 1 aromatic heterocycles. The van der Waals surface area contributed by atoms with Gasteiger partial charge >= 0.3 is 0 Å². The van der Waals surface area contributed by atoms with E-state index in [1.807, 2.05) is 30.3 Å². The van der Waals surface area contributed by atoms with Gasteiger partial charge < -0.3 is 10.6 Å². The van der Waals surface area contributed by atoms with E-state index in [4.69, 9.17) is 0 Å². The van der Waals surface area contributed by atoms with Crippen molar-refractivity contribution in [3.63, 3.8) is 0 Å². The van der Waals surface area contributed by atoms with Crippen LogP contribution in [0.5, 0.6) is 0 Å². The van der Waals surface area contributed by atoms with E-state index in [0.717, 1.165) is 16.3 Å². The topological polar surface area (TPSA) is 113 Å². The van der Waals surface area contributed by atoms with E-state index in [0.29, 0.717) is 17.8 Å². The molecular weight excluding hydrogens is 356 g/mol. The molecule has 1 aliphatic rings. The summed E-state index contributed by atoms with van der Waals surface area (Å²) in [5, 5.41) is 21.7. The lowest BCUT2D eigenvalue weighted by Crippen LogP contribution is -2.40. The number of carbonyl (C=O) groups excluding carboxylic acids is 2. The normalized spacial score (nSPS) is 19.6. The Morgan fingerprint density at radius 3 is 2.57 bits per heavy atom. The fourth-order valence-electron chi connectivity index (χ4n) is 3.42. The number of rotatable bonds is 3. The van der Waals surface area contributed by atoms with Gasteiger partial charge in [0.25, 0.3) is 5.91 Å². The molecule has 1 saturated heterocycles. The van der Waals surface area contributed by atoms with Crippen molar-refractivity contribution < 1.29 is 9.59 Å². The number of nitrogens with zero attached hydrogens (tertiary/aromatic N) is 3. The van der Waals surface area contributed by atoms with Crippen LogP contribution in [-0.4, -0.2) is 44.5 Å². The number of carbonyl (C=O) groups is 2. The molecule has 8 nitrogen and oxygen atoms in total. The summed E-state index contributed by atoms with van der Waals surface area (Å²) in [5.41, 5.74) is 1.32. The van der Waals surface area contributed by atoms with E-state index < -0.39 is 6.04 Å². The smallest absolute Gasteiger partial charge is 0.251 e. The van der Waals surface area contributed by atoms with Gasteiger partial charge in [-0.25, -0.2) is 0 Å². The highest BCUT2D eigenvalue weighted by Gasteiger charge is 2.38. The van der Waals surface area contributed by atoms with Crippen molar-refractivity contribution in [2.24, 2.45) is 5.41 Å². The minimum Gasteiger partial charge on any atom is -0.351 e. The first-order valence-electron chi connectivity index (χ1n) is 9.20. The van der Waals surface area contributed by atoms with E-state index >= 15 is 0 Å². The van der Waals surface area contributed by atoms with E-state index in [1.165, 1.54) is 0 Å². The van der Waals surface area contributed by atoms with Crippen molar-refractivity contribution in [2.75, 3.05) is 0 Å². The molecule has 1 fully saturated rings. The molecule has 0 radical (unpaired) electrons. The molecule has 2 amide bonds. The fraction of sp³-hybridized carbons (Fsp3) is 0.350. The average Bonchev–Trinajstić information content (AvgIpc) is 3.31. The van der Waals surface area contributed by atoms with E-state index in [2.05, 4.69) is 52.0 Å². The van der Waals surface area contributed by atoms with Crippen LogP contribution in [0.2, 0.25) is 0 Å². The van der Waals surface area contributed by atoms with Crippen molar-refractivity contribution in [1.29, 1.82) is 0 Å². The number of fused-ring (bicyclic) bond motifs is 1. The second-order valence-corrected chi connectivity index (χ2v) is 8.20. The second-order valence-electron chi connectivity index (χ2n) is 8.20. The minimum absolute atomic E-state index is 0.0467.